The molecule has 0 radical (unpaired) electrons. The quantitative estimate of drug-likeness (QED) is 0.817. The lowest BCUT2D eigenvalue weighted by Gasteiger charge is -2.37. The van der Waals surface area contributed by atoms with Crippen LogP contribution in [0.4, 0.5) is 5.82 Å². The summed E-state index contributed by atoms with van der Waals surface area (Å²) in [7, 11) is 0. The van der Waals surface area contributed by atoms with Crippen LogP contribution in [0.25, 0.3) is 0 Å². The number of nitrogens with zero attached hydrogens (tertiary/aromatic N) is 3. The number of halogens is 1. The Balaban J connectivity index is 2.04. The van der Waals surface area contributed by atoms with Crippen molar-refractivity contribution in [3.63, 3.8) is 0 Å². The lowest BCUT2D eigenvalue weighted by molar-refractivity contribution is 0.0344. The van der Waals surface area contributed by atoms with Crippen molar-refractivity contribution in [3.8, 4) is 0 Å². The van der Waals surface area contributed by atoms with Gasteiger partial charge in [0, 0.05) is 32.7 Å². The number of carbonyl (C=O) groups is 1. The first-order valence-corrected chi connectivity index (χ1v) is 7.23. The van der Waals surface area contributed by atoms with Crippen molar-refractivity contribution in [2.24, 2.45) is 0 Å². The van der Waals surface area contributed by atoms with Crippen LogP contribution in [-0.2, 0) is 0 Å². The average Bonchev–Trinajstić information content (AvgIpc) is 2.37. The molecule has 1 aromatic heterocycles. The van der Waals surface area contributed by atoms with Crippen molar-refractivity contribution >= 4 is 23.4 Å². The second-order valence-corrected chi connectivity index (χ2v) is 6.30. The number of aliphatic hydroxyl groups is 1. The van der Waals surface area contributed by atoms with Gasteiger partial charge in [-0.3, -0.25) is 4.90 Å². The van der Waals surface area contributed by atoms with Crippen LogP contribution in [0.5, 0.6) is 0 Å². The molecule has 1 aliphatic rings. The van der Waals surface area contributed by atoms with Crippen LogP contribution in [-0.4, -0.2) is 64.4 Å². The Morgan fingerprint density at radius 1 is 1.33 bits per heavy atom. The molecule has 0 bridgehead atoms. The minimum absolute atomic E-state index is 0.143. The molecule has 0 amide bonds. The second kappa shape index (κ2) is 6.17. The number of carboxylic acid groups (broad SMARTS) is 1. The van der Waals surface area contributed by atoms with Gasteiger partial charge in [0.1, 0.15) is 11.0 Å². The molecule has 21 heavy (non-hydrogen) atoms. The molecule has 116 valence electrons. The minimum atomic E-state index is -1.01. The maximum Gasteiger partial charge on any atom is 0.335 e. The van der Waals surface area contributed by atoms with E-state index in [0.29, 0.717) is 12.4 Å². The summed E-state index contributed by atoms with van der Waals surface area (Å²) in [5.74, 6) is -0.427. The van der Waals surface area contributed by atoms with Gasteiger partial charge in [-0.25, -0.2) is 9.78 Å². The molecule has 6 nitrogen and oxygen atoms in total. The van der Waals surface area contributed by atoms with E-state index in [0.717, 1.165) is 26.2 Å². The van der Waals surface area contributed by atoms with Crippen molar-refractivity contribution in [1.29, 1.82) is 0 Å². The lowest BCUT2D eigenvalue weighted by Crippen LogP contribution is -2.50. The smallest absolute Gasteiger partial charge is 0.335 e. The highest BCUT2D eigenvalue weighted by molar-refractivity contribution is 6.29. The highest BCUT2D eigenvalue weighted by atomic mass is 35.5. The van der Waals surface area contributed by atoms with Crippen LogP contribution in [0.1, 0.15) is 24.2 Å². The number of aromatic carboxylic acids is 1. The van der Waals surface area contributed by atoms with Gasteiger partial charge in [-0.2, -0.15) is 0 Å². The number of hydrogen-bond donors (Lipinski definition) is 2. The highest BCUT2D eigenvalue weighted by Gasteiger charge is 2.23. The van der Waals surface area contributed by atoms with E-state index in [-0.39, 0.29) is 10.7 Å². The fraction of sp³-hybridized carbons (Fsp3) is 0.571. The largest absolute Gasteiger partial charge is 0.478 e. The number of β-amino-alcohol motifs (C(OH)–C–C–N with tert-alkyl or cyclic N) is 1. The van der Waals surface area contributed by atoms with Crippen LogP contribution < -0.4 is 4.90 Å². The van der Waals surface area contributed by atoms with Gasteiger partial charge >= 0.3 is 5.97 Å². The van der Waals surface area contributed by atoms with E-state index in [4.69, 9.17) is 16.7 Å². The molecule has 0 unspecified atom stereocenters. The SMILES string of the molecule is CC(C)(O)CN1CCN(c2cc(C(=O)O)cc(Cl)n2)CC1. The van der Waals surface area contributed by atoms with Crippen molar-refractivity contribution in [1.82, 2.24) is 9.88 Å². The number of aromatic nitrogens is 1. The first-order chi connectivity index (χ1) is 9.74. The lowest BCUT2D eigenvalue weighted by atomic mass is 10.1. The summed E-state index contributed by atoms with van der Waals surface area (Å²) < 4.78 is 0. The molecule has 2 heterocycles. The van der Waals surface area contributed by atoms with Gasteiger partial charge in [0.25, 0.3) is 0 Å². The zero-order valence-electron chi connectivity index (χ0n) is 12.2. The molecule has 1 aliphatic heterocycles. The maximum atomic E-state index is 11.1. The molecule has 0 spiro atoms. The Hall–Kier alpha value is -1.37. The number of carboxylic acids is 1. The predicted molar refractivity (Wildman–Crippen MR) is 81.2 cm³/mol. The molecule has 2 N–H and O–H groups in total. The molecule has 1 saturated heterocycles. The molecule has 1 fully saturated rings. The number of pyridine rings is 1. The third-order valence-electron chi connectivity index (χ3n) is 3.33. The van der Waals surface area contributed by atoms with E-state index < -0.39 is 11.6 Å². The topological polar surface area (TPSA) is 76.9 Å². The summed E-state index contributed by atoms with van der Waals surface area (Å²) in [6.07, 6.45) is 0. The normalized spacial score (nSPS) is 17.0. The fourth-order valence-electron chi connectivity index (χ4n) is 2.45. The van der Waals surface area contributed by atoms with Crippen molar-refractivity contribution < 1.29 is 15.0 Å². The molecule has 7 heteroatoms. The Morgan fingerprint density at radius 3 is 2.48 bits per heavy atom. The highest BCUT2D eigenvalue weighted by Crippen LogP contribution is 2.20. The molecule has 0 atom stereocenters. The van der Waals surface area contributed by atoms with Crippen molar-refractivity contribution in [3.05, 3.63) is 22.8 Å². The van der Waals surface area contributed by atoms with Crippen molar-refractivity contribution in [2.45, 2.75) is 19.4 Å². The van der Waals surface area contributed by atoms with Crippen LogP contribution in [0.3, 0.4) is 0 Å². The molecule has 2 rings (SSSR count). The Kier molecular flexibility index (Phi) is 4.70. The zero-order chi connectivity index (χ0) is 15.6. The van der Waals surface area contributed by atoms with Crippen LogP contribution in [0.2, 0.25) is 5.15 Å². The summed E-state index contributed by atoms with van der Waals surface area (Å²) >= 11 is 5.88. The molecular formula is C14H20ClN3O3. The zero-order valence-corrected chi connectivity index (χ0v) is 13.0. The predicted octanol–water partition coefficient (Wildman–Crippen LogP) is 1.33. The van der Waals surface area contributed by atoms with E-state index in [2.05, 4.69) is 9.88 Å². The van der Waals surface area contributed by atoms with Gasteiger partial charge in [0.2, 0.25) is 0 Å². The number of hydrogen-bond acceptors (Lipinski definition) is 5. The van der Waals surface area contributed by atoms with E-state index in [1.54, 1.807) is 19.9 Å². The van der Waals surface area contributed by atoms with E-state index in [1.165, 1.54) is 6.07 Å². The number of piperazine rings is 1. The van der Waals surface area contributed by atoms with Gasteiger partial charge in [-0.05, 0) is 26.0 Å². The first-order valence-electron chi connectivity index (χ1n) is 6.85. The Morgan fingerprint density at radius 2 is 1.95 bits per heavy atom. The summed E-state index contributed by atoms with van der Waals surface area (Å²) in [5, 5.41) is 19.1. The Bertz CT molecular complexity index is 523. The summed E-state index contributed by atoms with van der Waals surface area (Å²) in [4.78, 5) is 19.4. The monoisotopic (exact) mass is 313 g/mol. The summed E-state index contributed by atoms with van der Waals surface area (Å²) in [6, 6.07) is 2.89. The maximum absolute atomic E-state index is 11.1. The van der Waals surface area contributed by atoms with Gasteiger partial charge < -0.3 is 15.1 Å². The Labute approximate surface area is 129 Å². The third kappa shape index (κ3) is 4.56. The van der Waals surface area contributed by atoms with Gasteiger partial charge in [-0.1, -0.05) is 11.6 Å². The first kappa shape index (κ1) is 16.0. The van der Waals surface area contributed by atoms with Crippen LogP contribution >= 0.6 is 11.6 Å². The van der Waals surface area contributed by atoms with E-state index >= 15 is 0 Å². The van der Waals surface area contributed by atoms with Crippen molar-refractivity contribution in [2.75, 3.05) is 37.6 Å². The molecule has 0 aromatic carbocycles. The van der Waals surface area contributed by atoms with Gasteiger partial charge in [0.05, 0.1) is 11.2 Å². The minimum Gasteiger partial charge on any atom is -0.478 e. The summed E-state index contributed by atoms with van der Waals surface area (Å²) in [5.41, 5.74) is -0.573. The number of anilines is 1. The molecule has 1 aromatic rings. The molecular weight excluding hydrogens is 294 g/mol. The van der Waals surface area contributed by atoms with Gasteiger partial charge in [0.15, 0.2) is 0 Å². The second-order valence-electron chi connectivity index (χ2n) is 5.92. The molecule has 0 aliphatic carbocycles. The fourth-order valence-corrected chi connectivity index (χ4v) is 2.65. The third-order valence-corrected chi connectivity index (χ3v) is 3.53. The van der Waals surface area contributed by atoms with Crippen LogP contribution in [0.15, 0.2) is 12.1 Å². The van der Waals surface area contributed by atoms with Gasteiger partial charge in [-0.15, -0.1) is 0 Å². The number of rotatable bonds is 4. The van der Waals surface area contributed by atoms with E-state index in [9.17, 15) is 9.90 Å². The van der Waals surface area contributed by atoms with E-state index in [1.807, 2.05) is 4.90 Å². The standard InChI is InChI=1S/C14H20ClN3O3/c1-14(2,21)9-17-3-5-18(6-4-17)12-8-10(13(19)20)7-11(15)16-12/h7-8,21H,3-6,9H2,1-2H3,(H,19,20). The van der Waals surface area contributed by atoms with Crippen LogP contribution in [0, 0.1) is 0 Å². The molecule has 0 saturated carbocycles. The average molecular weight is 314 g/mol. The summed E-state index contributed by atoms with van der Waals surface area (Å²) in [6.45, 7) is 7.23.